The zero-order chi connectivity index (χ0) is 12.5. The summed E-state index contributed by atoms with van der Waals surface area (Å²) in [6.07, 6.45) is 2.56. The van der Waals surface area contributed by atoms with Gasteiger partial charge in [-0.15, -0.1) is 0 Å². The molecule has 0 aliphatic rings. The average molecular weight is 258 g/mol. The maximum absolute atomic E-state index is 6.14. The molecule has 1 aromatic carbocycles. The molecular weight excluding hydrogens is 246 g/mol. The molecule has 4 heteroatoms. The van der Waals surface area contributed by atoms with Crippen LogP contribution in [0, 0.1) is 6.92 Å². The van der Waals surface area contributed by atoms with E-state index in [0.717, 1.165) is 27.6 Å². The number of hydrogen-bond acceptors (Lipinski definition) is 2. The van der Waals surface area contributed by atoms with E-state index < -0.39 is 0 Å². The van der Waals surface area contributed by atoms with Crippen molar-refractivity contribution in [2.24, 2.45) is 0 Å². The van der Waals surface area contributed by atoms with Crippen molar-refractivity contribution in [3.63, 3.8) is 0 Å². The predicted molar refractivity (Wildman–Crippen MR) is 72.0 cm³/mol. The molecule has 0 N–H and O–H groups in total. The number of benzene rings is 1. The minimum absolute atomic E-state index is 0.654. The molecular formula is C14H12ClN3. The summed E-state index contributed by atoms with van der Waals surface area (Å²) in [5.41, 5.74) is 3.07. The van der Waals surface area contributed by atoms with E-state index in [1.807, 2.05) is 54.0 Å². The van der Waals surface area contributed by atoms with E-state index in [1.165, 1.54) is 0 Å². The summed E-state index contributed by atoms with van der Waals surface area (Å²) in [4.78, 5) is 4.54. The monoisotopic (exact) mass is 257 g/mol. The van der Waals surface area contributed by atoms with Gasteiger partial charge in [-0.25, -0.2) is 9.50 Å². The molecule has 0 saturated heterocycles. The highest BCUT2D eigenvalue weighted by Crippen LogP contribution is 2.18. The smallest absolute Gasteiger partial charge is 0.158 e. The number of halogens is 1. The van der Waals surface area contributed by atoms with Crippen molar-refractivity contribution in [3.05, 3.63) is 64.6 Å². The van der Waals surface area contributed by atoms with Crippen molar-refractivity contribution >= 4 is 17.2 Å². The van der Waals surface area contributed by atoms with E-state index >= 15 is 0 Å². The van der Waals surface area contributed by atoms with E-state index in [-0.39, 0.29) is 0 Å². The zero-order valence-electron chi connectivity index (χ0n) is 9.97. The summed E-state index contributed by atoms with van der Waals surface area (Å²) in [7, 11) is 0. The van der Waals surface area contributed by atoms with Gasteiger partial charge in [-0.1, -0.05) is 35.9 Å². The first-order valence-corrected chi connectivity index (χ1v) is 6.16. The van der Waals surface area contributed by atoms with Crippen molar-refractivity contribution in [1.82, 2.24) is 14.6 Å². The molecule has 0 unspecified atom stereocenters. The van der Waals surface area contributed by atoms with Crippen molar-refractivity contribution in [2.75, 3.05) is 0 Å². The third-order valence-electron chi connectivity index (χ3n) is 2.91. The van der Waals surface area contributed by atoms with Gasteiger partial charge in [0.05, 0.1) is 0 Å². The lowest BCUT2D eigenvalue weighted by Gasteiger charge is -1.99. The van der Waals surface area contributed by atoms with Gasteiger partial charge in [-0.3, -0.25) is 0 Å². The van der Waals surface area contributed by atoms with Gasteiger partial charge in [0.1, 0.15) is 0 Å². The van der Waals surface area contributed by atoms with Crippen LogP contribution in [0.1, 0.15) is 17.0 Å². The predicted octanol–water partition coefficient (Wildman–Crippen LogP) is 3.28. The zero-order valence-corrected chi connectivity index (χ0v) is 10.7. The third-order valence-corrected chi connectivity index (χ3v) is 3.28. The Labute approximate surface area is 110 Å². The van der Waals surface area contributed by atoms with Crippen molar-refractivity contribution in [3.8, 4) is 0 Å². The Morgan fingerprint density at radius 1 is 1.17 bits per heavy atom. The Hall–Kier alpha value is -1.87. The molecule has 0 amide bonds. The van der Waals surface area contributed by atoms with Gasteiger partial charge in [0.15, 0.2) is 11.5 Å². The van der Waals surface area contributed by atoms with Crippen LogP contribution in [-0.4, -0.2) is 14.6 Å². The van der Waals surface area contributed by atoms with Crippen LogP contribution in [0.3, 0.4) is 0 Å². The minimum atomic E-state index is 0.654. The van der Waals surface area contributed by atoms with Crippen LogP contribution < -0.4 is 0 Å². The number of fused-ring (bicyclic) bond motifs is 1. The SMILES string of the molecule is Cc1cccn2nc(Cc3ccccc3Cl)nc12. The number of nitrogens with zero attached hydrogens (tertiary/aromatic N) is 3. The van der Waals surface area contributed by atoms with Gasteiger partial charge in [0.2, 0.25) is 0 Å². The van der Waals surface area contributed by atoms with E-state index in [0.29, 0.717) is 6.42 Å². The molecule has 3 nitrogen and oxygen atoms in total. The van der Waals surface area contributed by atoms with E-state index in [4.69, 9.17) is 11.6 Å². The van der Waals surface area contributed by atoms with Crippen LogP contribution >= 0.6 is 11.6 Å². The molecule has 0 saturated carbocycles. The lowest BCUT2D eigenvalue weighted by atomic mass is 10.1. The summed E-state index contributed by atoms with van der Waals surface area (Å²) in [5, 5.41) is 5.21. The number of rotatable bonds is 2. The van der Waals surface area contributed by atoms with Crippen molar-refractivity contribution in [2.45, 2.75) is 13.3 Å². The summed E-state index contributed by atoms with van der Waals surface area (Å²) in [6, 6.07) is 11.8. The minimum Gasteiger partial charge on any atom is -0.221 e. The van der Waals surface area contributed by atoms with E-state index in [1.54, 1.807) is 0 Å². The fraction of sp³-hybridized carbons (Fsp3) is 0.143. The Bertz CT molecular complexity index is 703. The van der Waals surface area contributed by atoms with E-state index in [2.05, 4.69) is 10.1 Å². The molecule has 2 heterocycles. The van der Waals surface area contributed by atoms with Gasteiger partial charge in [-0.2, -0.15) is 5.10 Å². The second kappa shape index (κ2) is 4.42. The van der Waals surface area contributed by atoms with Crippen LogP contribution in [0.4, 0.5) is 0 Å². The van der Waals surface area contributed by atoms with Crippen LogP contribution in [0.5, 0.6) is 0 Å². The Kier molecular flexibility index (Phi) is 2.76. The van der Waals surface area contributed by atoms with Gasteiger partial charge in [0, 0.05) is 17.6 Å². The lowest BCUT2D eigenvalue weighted by Crippen LogP contribution is -1.92. The highest BCUT2D eigenvalue weighted by Gasteiger charge is 2.08. The molecule has 90 valence electrons. The largest absolute Gasteiger partial charge is 0.221 e. The topological polar surface area (TPSA) is 30.2 Å². The van der Waals surface area contributed by atoms with Gasteiger partial charge in [-0.05, 0) is 30.2 Å². The molecule has 0 fully saturated rings. The van der Waals surface area contributed by atoms with E-state index in [9.17, 15) is 0 Å². The molecule has 0 spiro atoms. The first-order valence-electron chi connectivity index (χ1n) is 5.78. The lowest BCUT2D eigenvalue weighted by molar-refractivity contribution is 0.898. The molecule has 3 aromatic rings. The number of aryl methyl sites for hydroxylation is 1. The molecule has 0 bridgehead atoms. The normalized spacial score (nSPS) is 11.0. The Morgan fingerprint density at radius 2 is 2.00 bits per heavy atom. The van der Waals surface area contributed by atoms with Gasteiger partial charge in [0.25, 0.3) is 0 Å². The van der Waals surface area contributed by atoms with Crippen LogP contribution in [0.15, 0.2) is 42.6 Å². The molecule has 0 radical (unpaired) electrons. The quantitative estimate of drug-likeness (QED) is 0.705. The average Bonchev–Trinajstić information content (AvgIpc) is 2.76. The second-order valence-corrected chi connectivity index (χ2v) is 4.66. The summed E-state index contributed by atoms with van der Waals surface area (Å²) < 4.78 is 1.81. The molecule has 3 rings (SSSR count). The van der Waals surface area contributed by atoms with Gasteiger partial charge < -0.3 is 0 Å². The maximum Gasteiger partial charge on any atom is 0.158 e. The fourth-order valence-corrected chi connectivity index (χ4v) is 2.17. The first-order chi connectivity index (χ1) is 8.74. The Balaban J connectivity index is 2.01. The number of hydrogen-bond donors (Lipinski definition) is 0. The molecule has 0 aliphatic heterocycles. The first kappa shape index (κ1) is 11.2. The molecule has 0 aliphatic carbocycles. The highest BCUT2D eigenvalue weighted by atomic mass is 35.5. The fourth-order valence-electron chi connectivity index (χ4n) is 1.97. The van der Waals surface area contributed by atoms with Crippen molar-refractivity contribution in [1.29, 1.82) is 0 Å². The van der Waals surface area contributed by atoms with Crippen LogP contribution in [0.2, 0.25) is 5.02 Å². The molecule has 2 aromatic heterocycles. The van der Waals surface area contributed by atoms with Crippen LogP contribution in [-0.2, 0) is 6.42 Å². The molecule has 0 atom stereocenters. The second-order valence-electron chi connectivity index (χ2n) is 4.26. The maximum atomic E-state index is 6.14. The number of pyridine rings is 1. The number of aromatic nitrogens is 3. The molecule has 18 heavy (non-hydrogen) atoms. The Morgan fingerprint density at radius 3 is 2.78 bits per heavy atom. The summed E-state index contributed by atoms with van der Waals surface area (Å²) in [6.45, 7) is 2.03. The highest BCUT2D eigenvalue weighted by molar-refractivity contribution is 6.31. The van der Waals surface area contributed by atoms with Crippen molar-refractivity contribution < 1.29 is 0 Å². The van der Waals surface area contributed by atoms with Crippen LogP contribution in [0.25, 0.3) is 5.65 Å². The standard InChI is InChI=1S/C14H12ClN3/c1-10-5-4-8-18-14(10)16-13(17-18)9-11-6-2-3-7-12(11)15/h2-8H,9H2,1H3. The third kappa shape index (κ3) is 1.97. The summed E-state index contributed by atoms with van der Waals surface area (Å²) in [5.74, 6) is 0.789. The van der Waals surface area contributed by atoms with Gasteiger partial charge >= 0.3 is 0 Å². The summed E-state index contributed by atoms with van der Waals surface area (Å²) >= 11 is 6.14.